The SMILES string of the molecule is C[Si](C)(C)O[C@@H]1[C@@H]([C@H](CF)O[Si](C)(C)C)OC(O)[C@H]1O[Si](C)(C)C. The summed E-state index contributed by atoms with van der Waals surface area (Å²) >= 11 is 0. The van der Waals surface area contributed by atoms with Crippen molar-refractivity contribution >= 4 is 25.0 Å². The maximum absolute atomic E-state index is 13.7. The van der Waals surface area contributed by atoms with Crippen LogP contribution >= 0.6 is 0 Å². The molecule has 0 aromatic heterocycles. The number of hydrogen-bond donors (Lipinski definition) is 1. The summed E-state index contributed by atoms with van der Waals surface area (Å²) in [5.41, 5.74) is 0. The van der Waals surface area contributed by atoms with E-state index in [0.29, 0.717) is 0 Å². The molecule has 0 amide bonds. The summed E-state index contributed by atoms with van der Waals surface area (Å²) in [6.45, 7) is 17.7. The van der Waals surface area contributed by atoms with Crippen molar-refractivity contribution in [3.8, 4) is 0 Å². The van der Waals surface area contributed by atoms with Crippen LogP contribution in [0.1, 0.15) is 0 Å². The van der Waals surface area contributed by atoms with E-state index in [4.69, 9.17) is 18.0 Å². The fourth-order valence-electron chi connectivity index (χ4n) is 2.68. The molecule has 1 aliphatic heterocycles. The average Bonchev–Trinajstić information content (AvgIpc) is 2.60. The molecule has 1 rings (SSSR count). The Morgan fingerprint density at radius 1 is 0.875 bits per heavy atom. The second-order valence-electron chi connectivity index (χ2n) is 9.30. The Bertz CT molecular complexity index is 405. The van der Waals surface area contributed by atoms with Crippen LogP contribution in [0.3, 0.4) is 0 Å². The van der Waals surface area contributed by atoms with Gasteiger partial charge in [-0.3, -0.25) is 0 Å². The van der Waals surface area contributed by atoms with E-state index < -0.39 is 62.3 Å². The van der Waals surface area contributed by atoms with Gasteiger partial charge >= 0.3 is 0 Å². The van der Waals surface area contributed by atoms with Gasteiger partial charge in [0.15, 0.2) is 31.2 Å². The van der Waals surface area contributed by atoms with Crippen molar-refractivity contribution < 1.29 is 27.5 Å². The molecule has 1 N–H and O–H groups in total. The van der Waals surface area contributed by atoms with Crippen molar-refractivity contribution in [2.75, 3.05) is 6.67 Å². The van der Waals surface area contributed by atoms with E-state index in [1.165, 1.54) is 0 Å². The predicted molar refractivity (Wildman–Crippen MR) is 102 cm³/mol. The lowest BCUT2D eigenvalue weighted by Gasteiger charge is -2.36. The minimum atomic E-state index is -1.97. The van der Waals surface area contributed by atoms with Crippen molar-refractivity contribution in [3.05, 3.63) is 0 Å². The highest BCUT2D eigenvalue weighted by Gasteiger charge is 2.52. The van der Waals surface area contributed by atoms with Gasteiger partial charge in [0.2, 0.25) is 0 Å². The van der Waals surface area contributed by atoms with E-state index in [1.807, 2.05) is 39.3 Å². The largest absolute Gasteiger partial charge is 0.409 e. The standard InChI is InChI=1S/C15H35FO5Si3/c1-22(2,3)19-11(10-16)12-13(20-23(4,5)6)14(15(17)18-12)21-24(7,8)9/h11-15,17H,10H2,1-9H3/t11-,12+,13+,14-,15?/m0/s1. The van der Waals surface area contributed by atoms with Gasteiger partial charge in [0.25, 0.3) is 0 Å². The molecule has 0 bridgehead atoms. The molecular formula is C15H35FO5Si3. The zero-order valence-corrected chi connectivity index (χ0v) is 19.6. The minimum absolute atomic E-state index is 0.518. The molecule has 0 saturated carbocycles. The number of rotatable bonds is 8. The Kier molecular flexibility index (Phi) is 7.43. The molecule has 144 valence electrons. The Morgan fingerprint density at radius 3 is 1.71 bits per heavy atom. The topological polar surface area (TPSA) is 57.2 Å². The van der Waals surface area contributed by atoms with Crippen LogP contribution in [0.4, 0.5) is 4.39 Å². The van der Waals surface area contributed by atoms with Crippen molar-refractivity contribution in [2.24, 2.45) is 0 Å². The lowest BCUT2D eigenvalue weighted by Crippen LogP contribution is -2.52. The number of halogens is 1. The van der Waals surface area contributed by atoms with Crippen LogP contribution < -0.4 is 0 Å². The average molecular weight is 399 g/mol. The molecule has 24 heavy (non-hydrogen) atoms. The second-order valence-corrected chi connectivity index (χ2v) is 22.7. The molecule has 5 atom stereocenters. The van der Waals surface area contributed by atoms with E-state index in [9.17, 15) is 9.50 Å². The van der Waals surface area contributed by atoms with Gasteiger partial charge in [-0.2, -0.15) is 0 Å². The molecule has 0 aromatic rings. The summed E-state index contributed by atoms with van der Waals surface area (Å²) in [5, 5.41) is 10.4. The Morgan fingerprint density at radius 2 is 1.33 bits per heavy atom. The molecule has 0 aliphatic carbocycles. The first-order valence-electron chi connectivity index (χ1n) is 8.56. The smallest absolute Gasteiger partial charge is 0.184 e. The molecule has 1 aliphatic rings. The number of ether oxygens (including phenoxy) is 1. The molecule has 0 aromatic carbocycles. The van der Waals surface area contributed by atoms with Gasteiger partial charge in [-0.25, -0.2) is 4.39 Å². The van der Waals surface area contributed by atoms with E-state index in [0.717, 1.165) is 0 Å². The maximum Gasteiger partial charge on any atom is 0.184 e. The third kappa shape index (κ3) is 7.32. The lowest BCUT2D eigenvalue weighted by atomic mass is 10.1. The zero-order chi connectivity index (χ0) is 18.9. The Balaban J connectivity index is 3.07. The summed E-state index contributed by atoms with van der Waals surface area (Å²) in [6, 6.07) is 0. The third-order valence-corrected chi connectivity index (χ3v) is 6.20. The first kappa shape index (κ1) is 22.4. The molecule has 1 heterocycles. The summed E-state index contributed by atoms with van der Waals surface area (Å²) in [7, 11) is -5.85. The van der Waals surface area contributed by atoms with Crippen LogP contribution in [0.5, 0.6) is 0 Å². The van der Waals surface area contributed by atoms with Crippen LogP contribution in [0.15, 0.2) is 0 Å². The van der Waals surface area contributed by atoms with E-state index >= 15 is 0 Å². The minimum Gasteiger partial charge on any atom is -0.409 e. The van der Waals surface area contributed by atoms with Crippen LogP contribution in [0.25, 0.3) is 0 Å². The summed E-state index contributed by atoms with van der Waals surface area (Å²) in [5.74, 6) is 0. The van der Waals surface area contributed by atoms with Gasteiger partial charge in [-0.05, 0) is 58.9 Å². The normalized spacial score (nSPS) is 30.6. The van der Waals surface area contributed by atoms with Crippen LogP contribution in [0.2, 0.25) is 58.9 Å². The highest BCUT2D eigenvalue weighted by Crippen LogP contribution is 2.33. The van der Waals surface area contributed by atoms with Gasteiger partial charge < -0.3 is 23.1 Å². The van der Waals surface area contributed by atoms with Crippen molar-refractivity contribution in [3.63, 3.8) is 0 Å². The second kappa shape index (κ2) is 7.95. The van der Waals surface area contributed by atoms with E-state index in [1.54, 1.807) is 0 Å². The van der Waals surface area contributed by atoms with E-state index in [-0.39, 0.29) is 0 Å². The van der Waals surface area contributed by atoms with Gasteiger partial charge in [-0.15, -0.1) is 0 Å². The predicted octanol–water partition coefficient (Wildman–Crippen LogP) is 3.33. The van der Waals surface area contributed by atoms with Gasteiger partial charge in [0.05, 0.1) is 0 Å². The zero-order valence-electron chi connectivity index (χ0n) is 16.6. The van der Waals surface area contributed by atoms with E-state index in [2.05, 4.69) is 19.6 Å². The highest BCUT2D eigenvalue weighted by atomic mass is 28.4. The van der Waals surface area contributed by atoms with Crippen LogP contribution in [0, 0.1) is 0 Å². The molecule has 9 heteroatoms. The Labute approximate surface area is 149 Å². The summed E-state index contributed by atoms with van der Waals surface area (Å²) < 4.78 is 37.7. The fraction of sp³-hybridized carbons (Fsp3) is 1.00. The number of hydrogen-bond acceptors (Lipinski definition) is 5. The quantitative estimate of drug-likeness (QED) is 0.636. The van der Waals surface area contributed by atoms with Gasteiger partial charge in [0.1, 0.15) is 31.1 Å². The molecule has 5 nitrogen and oxygen atoms in total. The highest BCUT2D eigenvalue weighted by molar-refractivity contribution is 6.70. The van der Waals surface area contributed by atoms with Crippen molar-refractivity contribution in [1.29, 1.82) is 0 Å². The summed E-state index contributed by atoms with van der Waals surface area (Å²) in [4.78, 5) is 0. The van der Waals surface area contributed by atoms with Crippen molar-refractivity contribution in [2.45, 2.75) is 89.6 Å². The molecule has 1 unspecified atom stereocenters. The lowest BCUT2D eigenvalue weighted by molar-refractivity contribution is -0.142. The summed E-state index contributed by atoms with van der Waals surface area (Å²) in [6.07, 6.45) is -3.65. The number of aliphatic hydroxyl groups excluding tert-OH is 1. The molecule has 1 fully saturated rings. The molecule has 0 radical (unpaired) electrons. The molecular weight excluding hydrogens is 363 g/mol. The van der Waals surface area contributed by atoms with Crippen molar-refractivity contribution in [1.82, 2.24) is 0 Å². The van der Waals surface area contributed by atoms with Gasteiger partial charge in [0, 0.05) is 0 Å². The molecule has 0 spiro atoms. The van der Waals surface area contributed by atoms with Gasteiger partial charge in [-0.1, -0.05) is 0 Å². The fourth-order valence-corrected chi connectivity index (χ4v) is 5.94. The number of aliphatic hydroxyl groups is 1. The Hall–Kier alpha value is 0.381. The monoisotopic (exact) mass is 398 g/mol. The maximum atomic E-state index is 13.7. The first-order chi connectivity index (χ1) is 10.6. The molecule has 1 saturated heterocycles. The van der Waals surface area contributed by atoms with Crippen LogP contribution in [-0.4, -0.2) is 67.4 Å². The number of alkyl halides is 1. The third-order valence-electron chi connectivity index (χ3n) is 3.23. The van der Waals surface area contributed by atoms with Crippen LogP contribution in [-0.2, 0) is 18.0 Å². The first-order valence-corrected chi connectivity index (χ1v) is 18.8.